The van der Waals surface area contributed by atoms with Gasteiger partial charge in [0.05, 0.1) is 0 Å². The molecule has 1 N–H and O–H groups in total. The molecule has 3 amide bonds. The highest BCUT2D eigenvalue weighted by molar-refractivity contribution is 6.14. The highest BCUT2D eigenvalue weighted by atomic mass is 16.4. The molecule has 6 nitrogen and oxygen atoms in total. The number of rotatable bonds is 16. The van der Waals surface area contributed by atoms with Crippen molar-refractivity contribution in [1.29, 1.82) is 0 Å². The summed E-state index contributed by atoms with van der Waals surface area (Å²) >= 11 is 0. The summed E-state index contributed by atoms with van der Waals surface area (Å²) in [5.41, 5.74) is 0. The van der Waals surface area contributed by atoms with Crippen molar-refractivity contribution in [1.82, 2.24) is 4.90 Å². The normalized spacial score (nSPS) is 12.8. The lowest BCUT2D eigenvalue weighted by atomic mass is 10.1. The third kappa shape index (κ3) is 13.7. The number of carbonyl (C=O) groups is 4. The predicted octanol–water partition coefficient (Wildman–Crippen LogP) is 5.00. The lowest BCUT2D eigenvalue weighted by molar-refractivity contribution is -0.149. The number of unbranched alkanes of at least 4 members (excludes halogenated alkanes) is 12. The van der Waals surface area contributed by atoms with Crippen LogP contribution in [0.2, 0.25) is 0 Å². The molecule has 1 saturated heterocycles. The lowest BCUT2D eigenvalue weighted by Gasteiger charge is -2.11. The molecule has 0 aliphatic carbocycles. The molecular formula is C26H37NO5. The quantitative estimate of drug-likeness (QED) is 0.206. The number of aliphatic carboxylic acids is 1. The number of carbonyl (C=O) groups excluding carboxylic acids is 3. The first-order chi connectivity index (χ1) is 15.5. The van der Waals surface area contributed by atoms with Crippen LogP contribution in [-0.4, -0.2) is 33.7 Å². The van der Waals surface area contributed by atoms with Gasteiger partial charge in [0.2, 0.25) is 17.7 Å². The number of nitrogens with zero attached hydrogens (tertiary/aromatic N) is 1. The van der Waals surface area contributed by atoms with Gasteiger partial charge < -0.3 is 5.11 Å². The number of imide groups is 3. The monoisotopic (exact) mass is 443 g/mol. The third-order valence-electron chi connectivity index (χ3n) is 5.43. The van der Waals surface area contributed by atoms with Gasteiger partial charge in [0, 0.05) is 38.5 Å². The van der Waals surface area contributed by atoms with Crippen molar-refractivity contribution in [3.8, 4) is 23.7 Å². The first-order valence-electron chi connectivity index (χ1n) is 12.1. The molecular weight excluding hydrogens is 406 g/mol. The summed E-state index contributed by atoms with van der Waals surface area (Å²) in [6, 6.07) is 0. The zero-order valence-electron chi connectivity index (χ0n) is 19.3. The maximum absolute atomic E-state index is 11.9. The second kappa shape index (κ2) is 18.0. The van der Waals surface area contributed by atoms with Crippen molar-refractivity contribution in [2.75, 3.05) is 0 Å². The molecule has 1 rings (SSSR count). The zero-order valence-corrected chi connectivity index (χ0v) is 19.3. The van der Waals surface area contributed by atoms with Crippen molar-refractivity contribution < 1.29 is 24.3 Å². The van der Waals surface area contributed by atoms with Crippen LogP contribution in [0, 0.1) is 23.7 Å². The Hall–Kier alpha value is -2.60. The molecule has 0 spiro atoms. The van der Waals surface area contributed by atoms with E-state index in [9.17, 15) is 19.2 Å². The first kappa shape index (κ1) is 27.4. The average Bonchev–Trinajstić information content (AvgIpc) is 3.10. The molecule has 1 aliphatic rings. The number of amides is 3. The molecule has 0 aromatic rings. The summed E-state index contributed by atoms with van der Waals surface area (Å²) in [4.78, 5) is 46.1. The maximum Gasteiger partial charge on any atom is 0.303 e. The van der Waals surface area contributed by atoms with Gasteiger partial charge in [-0.15, -0.1) is 0 Å². The van der Waals surface area contributed by atoms with E-state index in [-0.39, 0.29) is 43.4 Å². The average molecular weight is 444 g/mol. The molecule has 6 heteroatoms. The van der Waals surface area contributed by atoms with E-state index in [0.29, 0.717) is 0 Å². The molecule has 176 valence electrons. The Morgan fingerprint density at radius 3 is 1.53 bits per heavy atom. The van der Waals surface area contributed by atoms with Crippen LogP contribution in [0.1, 0.15) is 116 Å². The van der Waals surface area contributed by atoms with Gasteiger partial charge in [-0.05, 0) is 37.5 Å². The van der Waals surface area contributed by atoms with Crippen LogP contribution >= 0.6 is 0 Å². The van der Waals surface area contributed by atoms with Gasteiger partial charge in [0.25, 0.3) is 0 Å². The van der Waals surface area contributed by atoms with Gasteiger partial charge in [-0.1, -0.05) is 63.2 Å². The fourth-order valence-corrected chi connectivity index (χ4v) is 3.57. The standard InChI is InChI=1S/C26H37NO5/c28-23(27-24(29)21-22-25(27)30)19-17-15-13-11-9-7-5-3-1-2-4-6-8-10-12-14-16-18-20-26(31)32/h5-22H2,(H,31,32). The molecule has 0 unspecified atom stereocenters. The van der Waals surface area contributed by atoms with Crippen molar-refractivity contribution >= 4 is 23.7 Å². The van der Waals surface area contributed by atoms with Crippen LogP contribution in [-0.2, 0) is 19.2 Å². The fourth-order valence-electron chi connectivity index (χ4n) is 3.57. The molecule has 0 saturated carbocycles. The zero-order chi connectivity index (χ0) is 23.4. The summed E-state index contributed by atoms with van der Waals surface area (Å²) in [5.74, 6) is 10.2. The summed E-state index contributed by atoms with van der Waals surface area (Å²) in [5, 5.41) is 8.56. The van der Waals surface area contributed by atoms with E-state index in [1.165, 1.54) is 0 Å². The number of likely N-dealkylation sites (tertiary alicyclic amines) is 1. The number of hydrogen-bond donors (Lipinski definition) is 1. The Bertz CT molecular complexity index is 719. The summed E-state index contributed by atoms with van der Waals surface area (Å²) in [6.07, 6.45) is 14.8. The van der Waals surface area contributed by atoms with Crippen LogP contribution in [0.3, 0.4) is 0 Å². The topological polar surface area (TPSA) is 91.8 Å². The molecule has 32 heavy (non-hydrogen) atoms. The number of carboxylic acids is 1. The Kier molecular flexibility index (Phi) is 15.4. The van der Waals surface area contributed by atoms with Crippen LogP contribution in [0.4, 0.5) is 0 Å². The van der Waals surface area contributed by atoms with Crippen molar-refractivity contribution in [3.05, 3.63) is 0 Å². The van der Waals surface area contributed by atoms with Gasteiger partial charge in [-0.25, -0.2) is 4.90 Å². The van der Waals surface area contributed by atoms with E-state index in [0.717, 1.165) is 94.8 Å². The van der Waals surface area contributed by atoms with E-state index in [2.05, 4.69) is 23.7 Å². The fraction of sp³-hybridized carbons (Fsp3) is 0.692. The third-order valence-corrected chi connectivity index (χ3v) is 5.43. The minimum absolute atomic E-state index is 0.165. The molecule has 0 atom stereocenters. The van der Waals surface area contributed by atoms with Crippen LogP contribution < -0.4 is 0 Å². The second-order valence-electron chi connectivity index (χ2n) is 8.26. The predicted molar refractivity (Wildman–Crippen MR) is 123 cm³/mol. The van der Waals surface area contributed by atoms with Crippen LogP contribution in [0.5, 0.6) is 0 Å². The van der Waals surface area contributed by atoms with E-state index in [1.54, 1.807) is 0 Å². The summed E-state index contributed by atoms with van der Waals surface area (Å²) < 4.78 is 0. The van der Waals surface area contributed by atoms with E-state index < -0.39 is 5.97 Å². The van der Waals surface area contributed by atoms with Crippen LogP contribution in [0.25, 0.3) is 0 Å². The Balaban J connectivity index is 1.87. The second-order valence-corrected chi connectivity index (χ2v) is 8.26. The van der Waals surface area contributed by atoms with E-state index in [1.807, 2.05) is 0 Å². The van der Waals surface area contributed by atoms with Gasteiger partial charge >= 0.3 is 5.97 Å². The maximum atomic E-state index is 11.9. The Morgan fingerprint density at radius 1 is 0.656 bits per heavy atom. The van der Waals surface area contributed by atoms with Gasteiger partial charge in [-0.3, -0.25) is 19.2 Å². The molecule has 1 heterocycles. The Labute approximate surface area is 192 Å². The Morgan fingerprint density at radius 2 is 1.06 bits per heavy atom. The minimum atomic E-state index is -0.709. The van der Waals surface area contributed by atoms with Gasteiger partial charge in [-0.2, -0.15) is 0 Å². The van der Waals surface area contributed by atoms with E-state index >= 15 is 0 Å². The van der Waals surface area contributed by atoms with Gasteiger partial charge in [0.15, 0.2) is 0 Å². The van der Waals surface area contributed by atoms with Gasteiger partial charge in [0.1, 0.15) is 0 Å². The van der Waals surface area contributed by atoms with Crippen LogP contribution in [0.15, 0.2) is 0 Å². The SMILES string of the molecule is O=C(O)CCCCCCCCC#CC#CCCCCCCCCC(=O)N1C(=O)CCC1=O. The summed E-state index contributed by atoms with van der Waals surface area (Å²) in [7, 11) is 0. The number of hydrogen-bond acceptors (Lipinski definition) is 4. The lowest BCUT2D eigenvalue weighted by Crippen LogP contribution is -2.35. The molecule has 0 aromatic heterocycles. The molecule has 0 bridgehead atoms. The molecule has 1 fully saturated rings. The highest BCUT2D eigenvalue weighted by Crippen LogP contribution is 2.15. The van der Waals surface area contributed by atoms with Crippen molar-refractivity contribution in [3.63, 3.8) is 0 Å². The van der Waals surface area contributed by atoms with E-state index in [4.69, 9.17) is 5.11 Å². The summed E-state index contributed by atoms with van der Waals surface area (Å²) in [6.45, 7) is 0. The molecule has 1 aliphatic heterocycles. The largest absolute Gasteiger partial charge is 0.481 e. The first-order valence-corrected chi connectivity index (χ1v) is 12.1. The smallest absolute Gasteiger partial charge is 0.303 e. The van der Waals surface area contributed by atoms with Crippen molar-refractivity contribution in [2.45, 2.75) is 116 Å². The number of carboxylic acid groups (broad SMARTS) is 1. The highest BCUT2D eigenvalue weighted by Gasteiger charge is 2.33. The minimum Gasteiger partial charge on any atom is -0.481 e. The molecule has 0 aromatic carbocycles. The molecule has 0 radical (unpaired) electrons. The van der Waals surface area contributed by atoms with Crippen molar-refractivity contribution in [2.24, 2.45) is 0 Å².